The number of piperazine rings is 1. The van der Waals surface area contributed by atoms with Gasteiger partial charge in [-0.1, -0.05) is 27.2 Å². The van der Waals surface area contributed by atoms with Gasteiger partial charge in [0.2, 0.25) is 11.8 Å². The quantitative estimate of drug-likeness (QED) is 0.740. The third kappa shape index (κ3) is 4.49. The van der Waals surface area contributed by atoms with Crippen LogP contribution in [0.1, 0.15) is 33.6 Å². The molecular weight excluding hydrogens is 242 g/mol. The molecule has 1 heterocycles. The highest BCUT2D eigenvalue weighted by atomic mass is 16.2. The average Bonchev–Trinajstić information content (AvgIpc) is 2.39. The van der Waals surface area contributed by atoms with Crippen LogP contribution in [0.4, 0.5) is 0 Å². The summed E-state index contributed by atoms with van der Waals surface area (Å²) >= 11 is 0. The molecule has 2 amide bonds. The van der Waals surface area contributed by atoms with Crippen molar-refractivity contribution in [3.8, 4) is 0 Å². The van der Waals surface area contributed by atoms with Crippen LogP contribution in [0.2, 0.25) is 0 Å². The smallest absolute Gasteiger partial charge is 0.242 e. The Morgan fingerprint density at radius 1 is 1.21 bits per heavy atom. The van der Waals surface area contributed by atoms with E-state index >= 15 is 0 Å². The van der Waals surface area contributed by atoms with Crippen LogP contribution in [0.5, 0.6) is 0 Å². The van der Waals surface area contributed by atoms with Crippen molar-refractivity contribution in [2.45, 2.75) is 39.7 Å². The number of carbonyl (C=O) groups is 2. The molecule has 0 radical (unpaired) electrons. The summed E-state index contributed by atoms with van der Waals surface area (Å²) in [5, 5.41) is 3.50. The van der Waals surface area contributed by atoms with Crippen LogP contribution in [0.15, 0.2) is 0 Å². The summed E-state index contributed by atoms with van der Waals surface area (Å²) in [6, 6.07) is 0.269. The van der Waals surface area contributed by atoms with E-state index in [0.29, 0.717) is 12.5 Å². The number of hydrogen-bond acceptors (Lipinski definition) is 3. The van der Waals surface area contributed by atoms with E-state index in [9.17, 15) is 9.59 Å². The fourth-order valence-electron chi connectivity index (χ4n) is 2.23. The molecule has 0 saturated carbocycles. The van der Waals surface area contributed by atoms with Crippen molar-refractivity contribution in [2.24, 2.45) is 5.92 Å². The van der Waals surface area contributed by atoms with Crippen molar-refractivity contribution in [1.82, 2.24) is 15.1 Å². The first-order valence-corrected chi connectivity index (χ1v) is 7.24. The van der Waals surface area contributed by atoms with E-state index in [2.05, 4.69) is 26.1 Å². The van der Waals surface area contributed by atoms with Gasteiger partial charge in [-0.15, -0.1) is 0 Å². The lowest BCUT2D eigenvalue weighted by molar-refractivity contribution is -0.149. The molecule has 5 nitrogen and oxygen atoms in total. The van der Waals surface area contributed by atoms with Crippen molar-refractivity contribution >= 4 is 11.8 Å². The fourth-order valence-corrected chi connectivity index (χ4v) is 2.23. The van der Waals surface area contributed by atoms with Crippen LogP contribution in [-0.4, -0.2) is 60.9 Å². The maximum Gasteiger partial charge on any atom is 0.242 e. The van der Waals surface area contributed by atoms with Crippen LogP contribution < -0.4 is 5.32 Å². The molecule has 1 fully saturated rings. The second-order valence-electron chi connectivity index (χ2n) is 5.47. The number of rotatable bonds is 7. The highest BCUT2D eigenvalue weighted by Gasteiger charge is 2.30. The predicted molar refractivity (Wildman–Crippen MR) is 75.8 cm³/mol. The molecule has 0 aromatic carbocycles. The second kappa shape index (κ2) is 7.48. The van der Waals surface area contributed by atoms with Gasteiger partial charge in [-0.05, 0) is 18.9 Å². The first kappa shape index (κ1) is 16.0. The number of amides is 2. The van der Waals surface area contributed by atoms with Gasteiger partial charge in [0, 0.05) is 19.6 Å². The zero-order valence-corrected chi connectivity index (χ0v) is 12.6. The van der Waals surface area contributed by atoms with E-state index in [0.717, 1.165) is 19.4 Å². The number of likely N-dealkylation sites (N-methyl/N-ethyl adjacent to an activating group) is 1. The minimum Gasteiger partial charge on any atom is -0.335 e. The summed E-state index contributed by atoms with van der Waals surface area (Å²) in [6.45, 7) is 8.48. The van der Waals surface area contributed by atoms with Gasteiger partial charge >= 0.3 is 0 Å². The maximum absolute atomic E-state index is 12.0. The topological polar surface area (TPSA) is 52.7 Å². The van der Waals surface area contributed by atoms with Crippen molar-refractivity contribution in [2.75, 3.05) is 33.2 Å². The van der Waals surface area contributed by atoms with Crippen LogP contribution >= 0.6 is 0 Å². The number of carbonyl (C=O) groups excluding carboxylic acids is 2. The van der Waals surface area contributed by atoms with E-state index in [4.69, 9.17) is 0 Å². The Hall–Kier alpha value is -1.10. The molecule has 2 atom stereocenters. The molecule has 1 aliphatic heterocycles. The SMILES string of the molecule is CCCNC(CN1CC(=O)N(C)CC1=O)C(C)CC. The van der Waals surface area contributed by atoms with Crippen molar-refractivity contribution in [3.63, 3.8) is 0 Å². The zero-order chi connectivity index (χ0) is 14.4. The summed E-state index contributed by atoms with van der Waals surface area (Å²) in [5.74, 6) is 0.570. The van der Waals surface area contributed by atoms with E-state index in [1.54, 1.807) is 11.9 Å². The van der Waals surface area contributed by atoms with Crippen molar-refractivity contribution in [1.29, 1.82) is 0 Å². The minimum atomic E-state index is 0.0259. The molecule has 1 saturated heterocycles. The van der Waals surface area contributed by atoms with Gasteiger partial charge in [-0.3, -0.25) is 9.59 Å². The zero-order valence-electron chi connectivity index (χ0n) is 12.6. The van der Waals surface area contributed by atoms with Crippen LogP contribution in [-0.2, 0) is 9.59 Å². The molecule has 0 bridgehead atoms. The fraction of sp³-hybridized carbons (Fsp3) is 0.857. The van der Waals surface area contributed by atoms with Gasteiger partial charge in [-0.2, -0.15) is 0 Å². The van der Waals surface area contributed by atoms with E-state index in [-0.39, 0.29) is 30.9 Å². The van der Waals surface area contributed by atoms with Crippen molar-refractivity contribution < 1.29 is 9.59 Å². The number of nitrogens with zero attached hydrogens (tertiary/aromatic N) is 2. The normalized spacial score (nSPS) is 19.8. The summed E-state index contributed by atoms with van der Waals surface area (Å²) in [7, 11) is 1.68. The van der Waals surface area contributed by atoms with Gasteiger partial charge < -0.3 is 15.1 Å². The first-order chi connectivity index (χ1) is 8.99. The molecule has 1 N–H and O–H groups in total. The largest absolute Gasteiger partial charge is 0.335 e. The Balaban J connectivity index is 2.61. The Kier molecular flexibility index (Phi) is 6.28. The molecular formula is C14H27N3O2. The van der Waals surface area contributed by atoms with Gasteiger partial charge in [-0.25, -0.2) is 0 Å². The summed E-state index contributed by atoms with van der Waals surface area (Å²) < 4.78 is 0. The molecule has 0 aliphatic carbocycles. The Labute approximate surface area is 116 Å². The van der Waals surface area contributed by atoms with Crippen LogP contribution in [0.3, 0.4) is 0 Å². The number of hydrogen-bond donors (Lipinski definition) is 1. The Morgan fingerprint density at radius 2 is 1.89 bits per heavy atom. The highest BCUT2D eigenvalue weighted by Crippen LogP contribution is 2.12. The molecule has 0 aromatic heterocycles. The molecule has 5 heteroatoms. The van der Waals surface area contributed by atoms with E-state index < -0.39 is 0 Å². The molecule has 0 aromatic rings. The molecule has 1 rings (SSSR count). The van der Waals surface area contributed by atoms with E-state index in [1.807, 2.05) is 0 Å². The van der Waals surface area contributed by atoms with Gasteiger partial charge in [0.25, 0.3) is 0 Å². The van der Waals surface area contributed by atoms with E-state index in [1.165, 1.54) is 4.90 Å². The summed E-state index contributed by atoms with van der Waals surface area (Å²) in [4.78, 5) is 26.9. The minimum absolute atomic E-state index is 0.0259. The van der Waals surface area contributed by atoms with Gasteiger partial charge in [0.15, 0.2) is 0 Å². The third-order valence-electron chi connectivity index (χ3n) is 3.88. The lowest BCUT2D eigenvalue weighted by atomic mass is 9.98. The predicted octanol–water partition coefficient (Wildman–Crippen LogP) is 0.701. The standard InChI is InChI=1S/C14H27N3O2/c1-5-7-15-12(11(3)6-2)8-17-10-13(18)16(4)9-14(17)19/h11-12,15H,5-10H2,1-4H3. The first-order valence-electron chi connectivity index (χ1n) is 7.24. The molecule has 110 valence electrons. The Morgan fingerprint density at radius 3 is 2.47 bits per heavy atom. The molecule has 19 heavy (non-hydrogen) atoms. The Bertz CT molecular complexity index is 320. The second-order valence-corrected chi connectivity index (χ2v) is 5.47. The lowest BCUT2D eigenvalue weighted by Crippen LogP contribution is -2.56. The van der Waals surface area contributed by atoms with Crippen LogP contribution in [0.25, 0.3) is 0 Å². The number of nitrogens with one attached hydrogen (secondary N) is 1. The summed E-state index contributed by atoms with van der Waals surface area (Å²) in [5.41, 5.74) is 0. The average molecular weight is 269 g/mol. The third-order valence-corrected chi connectivity index (χ3v) is 3.88. The van der Waals surface area contributed by atoms with Crippen molar-refractivity contribution in [3.05, 3.63) is 0 Å². The lowest BCUT2D eigenvalue weighted by Gasteiger charge is -2.36. The molecule has 1 aliphatic rings. The molecule has 2 unspecified atom stereocenters. The van der Waals surface area contributed by atoms with Gasteiger partial charge in [0.1, 0.15) is 0 Å². The monoisotopic (exact) mass is 269 g/mol. The highest BCUT2D eigenvalue weighted by molar-refractivity contribution is 5.92. The maximum atomic E-state index is 12.0. The molecule has 0 spiro atoms. The van der Waals surface area contributed by atoms with Gasteiger partial charge in [0.05, 0.1) is 13.1 Å². The van der Waals surface area contributed by atoms with Crippen LogP contribution in [0, 0.1) is 5.92 Å². The summed E-state index contributed by atoms with van der Waals surface area (Å²) in [6.07, 6.45) is 2.14.